The Morgan fingerprint density at radius 1 is 1.26 bits per heavy atom. The summed E-state index contributed by atoms with van der Waals surface area (Å²) in [4.78, 5) is 8.07. The van der Waals surface area contributed by atoms with Gasteiger partial charge in [-0.3, -0.25) is 0 Å². The number of hydrogen-bond donors (Lipinski definition) is 1. The molecule has 0 amide bonds. The largest absolute Gasteiger partial charge is 0.465 e. The van der Waals surface area contributed by atoms with Gasteiger partial charge in [0, 0.05) is 15.8 Å². The molecule has 1 aliphatic heterocycles. The van der Waals surface area contributed by atoms with Crippen LogP contribution in [0.2, 0.25) is 0 Å². The third kappa shape index (κ3) is 2.52. The fraction of sp³-hybridized carbons (Fsp3) is 0.286. The van der Waals surface area contributed by atoms with Gasteiger partial charge in [0.05, 0.1) is 6.54 Å². The first-order valence-corrected chi connectivity index (χ1v) is 6.97. The highest BCUT2D eigenvalue weighted by Crippen LogP contribution is 2.35. The molecule has 2 aromatic heterocycles. The van der Waals surface area contributed by atoms with Crippen molar-refractivity contribution in [3.05, 3.63) is 57.5 Å². The molecule has 100 valence electrons. The van der Waals surface area contributed by atoms with Gasteiger partial charge in [-0.25, -0.2) is 0 Å². The van der Waals surface area contributed by atoms with E-state index in [0.717, 1.165) is 11.5 Å². The fourth-order valence-electron chi connectivity index (χ4n) is 2.15. The number of hydroxylamine groups is 2. The van der Waals surface area contributed by atoms with E-state index in [9.17, 15) is 0 Å². The van der Waals surface area contributed by atoms with Crippen LogP contribution < -0.4 is 5.73 Å². The van der Waals surface area contributed by atoms with Gasteiger partial charge >= 0.3 is 0 Å². The first kappa shape index (κ1) is 12.3. The second-order valence-corrected chi connectivity index (χ2v) is 5.96. The van der Waals surface area contributed by atoms with Crippen LogP contribution in [-0.4, -0.2) is 5.06 Å². The Labute approximate surface area is 116 Å². The lowest BCUT2D eigenvalue weighted by molar-refractivity contribution is -0.130. The second kappa shape index (κ2) is 4.75. The average Bonchev–Trinajstić information content (AvgIpc) is 3.02. The predicted molar refractivity (Wildman–Crippen MR) is 74.1 cm³/mol. The summed E-state index contributed by atoms with van der Waals surface area (Å²) in [5.74, 6) is 2.22. The third-order valence-corrected chi connectivity index (χ3v) is 4.09. The highest BCUT2D eigenvalue weighted by molar-refractivity contribution is 7.12. The van der Waals surface area contributed by atoms with E-state index >= 15 is 0 Å². The van der Waals surface area contributed by atoms with Gasteiger partial charge in [-0.1, -0.05) is 0 Å². The van der Waals surface area contributed by atoms with Crippen molar-refractivity contribution in [2.24, 2.45) is 5.73 Å². The quantitative estimate of drug-likeness (QED) is 0.935. The zero-order chi connectivity index (χ0) is 13.4. The van der Waals surface area contributed by atoms with Crippen molar-refractivity contribution in [1.29, 1.82) is 0 Å². The maximum Gasteiger partial charge on any atom is 0.207 e. The van der Waals surface area contributed by atoms with Crippen molar-refractivity contribution < 1.29 is 9.25 Å². The highest BCUT2D eigenvalue weighted by atomic mass is 32.1. The molecule has 1 atom stereocenters. The van der Waals surface area contributed by atoms with Crippen LogP contribution in [0.4, 0.5) is 0 Å². The van der Waals surface area contributed by atoms with Gasteiger partial charge in [-0.2, -0.15) is 0 Å². The summed E-state index contributed by atoms with van der Waals surface area (Å²) in [6.45, 7) is 4.60. The maximum atomic E-state index is 5.79. The third-order valence-electron chi connectivity index (χ3n) is 3.02. The van der Waals surface area contributed by atoms with Crippen LogP contribution in [0.15, 0.2) is 40.6 Å². The van der Waals surface area contributed by atoms with E-state index in [0.29, 0.717) is 12.4 Å². The molecule has 3 rings (SSSR count). The molecule has 2 aromatic rings. The minimum absolute atomic E-state index is 0.0594. The van der Waals surface area contributed by atoms with Gasteiger partial charge in [0.2, 0.25) is 5.88 Å². The SMILES string of the molecule is Cc1ccc(CN2OC(N)=CC2c2ccc(C)s2)o1. The lowest BCUT2D eigenvalue weighted by atomic mass is 10.2. The molecule has 0 bridgehead atoms. The molecule has 0 saturated heterocycles. The van der Waals surface area contributed by atoms with Crippen LogP contribution in [0.1, 0.15) is 27.3 Å². The summed E-state index contributed by atoms with van der Waals surface area (Å²) >= 11 is 1.75. The summed E-state index contributed by atoms with van der Waals surface area (Å²) in [5.41, 5.74) is 5.79. The van der Waals surface area contributed by atoms with Gasteiger partial charge in [-0.05, 0) is 38.1 Å². The van der Waals surface area contributed by atoms with E-state index in [1.807, 2.05) is 30.2 Å². The van der Waals surface area contributed by atoms with Gasteiger partial charge in [0.25, 0.3) is 0 Å². The van der Waals surface area contributed by atoms with E-state index < -0.39 is 0 Å². The van der Waals surface area contributed by atoms with E-state index in [1.54, 1.807) is 11.3 Å². The summed E-state index contributed by atoms with van der Waals surface area (Å²) in [6.07, 6.45) is 1.93. The summed E-state index contributed by atoms with van der Waals surface area (Å²) in [5, 5.41) is 1.85. The van der Waals surface area contributed by atoms with Crippen molar-refractivity contribution in [3.63, 3.8) is 0 Å². The van der Waals surface area contributed by atoms with Gasteiger partial charge in [-0.15, -0.1) is 16.4 Å². The zero-order valence-electron chi connectivity index (χ0n) is 10.9. The van der Waals surface area contributed by atoms with E-state index in [4.69, 9.17) is 15.0 Å². The first-order valence-electron chi connectivity index (χ1n) is 6.15. The zero-order valence-corrected chi connectivity index (χ0v) is 11.7. The standard InChI is InChI=1S/C14H16N2O2S/c1-9-3-5-11(17-9)8-16-12(7-14(15)18-16)13-6-4-10(2)19-13/h3-7,12H,8,15H2,1-2H3. The maximum absolute atomic E-state index is 5.79. The Hall–Kier alpha value is -1.72. The summed E-state index contributed by atoms with van der Waals surface area (Å²) in [6, 6.07) is 8.20. The normalized spacial score (nSPS) is 19.5. The molecule has 4 nitrogen and oxygen atoms in total. The van der Waals surface area contributed by atoms with Crippen LogP contribution in [0.25, 0.3) is 0 Å². The number of aryl methyl sites for hydroxylation is 2. The molecule has 0 saturated carbocycles. The van der Waals surface area contributed by atoms with Crippen molar-refractivity contribution in [1.82, 2.24) is 5.06 Å². The van der Waals surface area contributed by atoms with Crippen LogP contribution >= 0.6 is 11.3 Å². The minimum Gasteiger partial charge on any atom is -0.465 e. The van der Waals surface area contributed by atoms with E-state index in [-0.39, 0.29) is 6.04 Å². The molecule has 0 fully saturated rings. The summed E-state index contributed by atoms with van der Waals surface area (Å²) in [7, 11) is 0. The van der Waals surface area contributed by atoms with Gasteiger partial charge < -0.3 is 15.0 Å². The number of rotatable bonds is 3. The average molecular weight is 276 g/mol. The Bertz CT molecular complexity index is 614. The van der Waals surface area contributed by atoms with Crippen LogP contribution in [0.3, 0.4) is 0 Å². The Balaban J connectivity index is 1.81. The number of nitrogens with two attached hydrogens (primary N) is 1. The molecule has 0 aliphatic carbocycles. The molecule has 0 aromatic carbocycles. The van der Waals surface area contributed by atoms with Crippen molar-refractivity contribution in [3.8, 4) is 0 Å². The minimum atomic E-state index is 0.0594. The smallest absolute Gasteiger partial charge is 0.207 e. The molecular formula is C14H16N2O2S. The highest BCUT2D eigenvalue weighted by Gasteiger charge is 2.29. The molecule has 3 heterocycles. The van der Waals surface area contributed by atoms with E-state index in [1.165, 1.54) is 9.75 Å². The van der Waals surface area contributed by atoms with Gasteiger partial charge in [0.15, 0.2) is 0 Å². The molecule has 1 unspecified atom stereocenters. The topological polar surface area (TPSA) is 51.6 Å². The monoisotopic (exact) mass is 276 g/mol. The van der Waals surface area contributed by atoms with Crippen LogP contribution in [0, 0.1) is 13.8 Å². The van der Waals surface area contributed by atoms with Crippen LogP contribution in [-0.2, 0) is 11.4 Å². The number of nitrogens with zero attached hydrogens (tertiary/aromatic N) is 1. The second-order valence-electron chi connectivity index (χ2n) is 4.64. The van der Waals surface area contributed by atoms with Crippen molar-refractivity contribution in [2.45, 2.75) is 26.4 Å². The first-order chi connectivity index (χ1) is 9.11. The van der Waals surface area contributed by atoms with E-state index in [2.05, 4.69) is 19.1 Å². The molecular weight excluding hydrogens is 260 g/mol. The number of furan rings is 1. The molecule has 0 radical (unpaired) electrons. The predicted octanol–water partition coefficient (Wildman–Crippen LogP) is 3.25. The lowest BCUT2D eigenvalue weighted by Crippen LogP contribution is -2.22. The Kier molecular flexibility index (Phi) is 3.08. The molecule has 0 spiro atoms. The fourth-order valence-corrected chi connectivity index (χ4v) is 3.10. The van der Waals surface area contributed by atoms with Crippen molar-refractivity contribution in [2.75, 3.05) is 0 Å². The number of thiophene rings is 1. The molecule has 5 heteroatoms. The Morgan fingerprint density at radius 3 is 2.74 bits per heavy atom. The number of hydrogen-bond acceptors (Lipinski definition) is 5. The van der Waals surface area contributed by atoms with Crippen LogP contribution in [0.5, 0.6) is 0 Å². The van der Waals surface area contributed by atoms with Crippen molar-refractivity contribution >= 4 is 11.3 Å². The summed E-state index contributed by atoms with van der Waals surface area (Å²) < 4.78 is 5.59. The lowest BCUT2D eigenvalue weighted by Gasteiger charge is -2.20. The molecule has 2 N–H and O–H groups in total. The Morgan fingerprint density at radius 2 is 2.11 bits per heavy atom. The van der Waals surface area contributed by atoms with Gasteiger partial charge in [0.1, 0.15) is 17.6 Å². The molecule has 19 heavy (non-hydrogen) atoms. The molecule has 1 aliphatic rings.